The fourth-order valence-corrected chi connectivity index (χ4v) is 16.7. The Balaban J connectivity index is 1.23. The monoisotopic (exact) mass is 810 g/mol. The summed E-state index contributed by atoms with van der Waals surface area (Å²) in [6.45, 7) is 25.4. The van der Waals surface area contributed by atoms with Gasteiger partial charge in [-0.05, 0) is 173 Å². The van der Waals surface area contributed by atoms with Gasteiger partial charge in [0.2, 0.25) is 0 Å². The molecule has 312 valence electrons. The molecule has 56 heavy (non-hydrogen) atoms. The number of aliphatic carboxylic acids is 2. The van der Waals surface area contributed by atoms with Crippen LogP contribution in [-0.2, 0) is 9.59 Å². The van der Waals surface area contributed by atoms with Crippen molar-refractivity contribution in [1.82, 2.24) is 9.80 Å². The molecular formula is C48H72Cl2N2O4. The van der Waals surface area contributed by atoms with Crippen molar-refractivity contribution in [2.24, 2.45) is 62.6 Å². The van der Waals surface area contributed by atoms with E-state index in [4.69, 9.17) is 23.2 Å². The maximum atomic E-state index is 12.2. The van der Waals surface area contributed by atoms with Crippen molar-refractivity contribution in [1.29, 1.82) is 0 Å². The number of carboxylic acid groups (broad SMARTS) is 2. The van der Waals surface area contributed by atoms with Crippen LogP contribution in [0.5, 0.6) is 0 Å². The average molecular weight is 812 g/mol. The van der Waals surface area contributed by atoms with Crippen molar-refractivity contribution in [3.63, 3.8) is 0 Å². The summed E-state index contributed by atoms with van der Waals surface area (Å²) in [5.74, 6) is 1.75. The van der Waals surface area contributed by atoms with Crippen LogP contribution in [0.3, 0.4) is 0 Å². The van der Waals surface area contributed by atoms with Gasteiger partial charge in [0, 0.05) is 36.3 Å². The van der Waals surface area contributed by atoms with Crippen molar-refractivity contribution in [3.8, 4) is 0 Å². The Morgan fingerprint density at radius 2 is 1.39 bits per heavy atom. The first-order valence-electron chi connectivity index (χ1n) is 22.0. The van der Waals surface area contributed by atoms with Gasteiger partial charge >= 0.3 is 11.9 Å². The number of carbonyl (C=O) groups is 2. The first kappa shape index (κ1) is 42.2. The van der Waals surface area contributed by atoms with Crippen LogP contribution in [0.4, 0.5) is 0 Å². The van der Waals surface area contributed by atoms with Gasteiger partial charge in [-0.1, -0.05) is 57.9 Å². The molecule has 0 radical (unpaired) electrons. The molecular weight excluding hydrogens is 739 g/mol. The highest BCUT2D eigenvalue weighted by Crippen LogP contribution is 2.79. The average Bonchev–Trinajstić information content (AvgIpc) is 3.47. The molecule has 6 nitrogen and oxygen atoms in total. The molecule has 5 aliphatic carbocycles. The Labute approximate surface area is 348 Å². The molecule has 7 aliphatic rings. The highest BCUT2D eigenvalue weighted by Gasteiger charge is 2.72. The Morgan fingerprint density at radius 3 is 2.04 bits per heavy atom. The third-order valence-electron chi connectivity index (χ3n) is 18.6. The minimum atomic E-state index is -0.766. The zero-order valence-corrected chi connectivity index (χ0v) is 37.8. The summed E-state index contributed by atoms with van der Waals surface area (Å²) in [4.78, 5) is 28.1. The fraction of sp³-hybridized carbons (Fsp3) is 0.792. The van der Waals surface area contributed by atoms with Gasteiger partial charge in [-0.25, -0.2) is 0 Å². The first-order chi connectivity index (χ1) is 26.0. The van der Waals surface area contributed by atoms with E-state index >= 15 is 0 Å². The molecule has 0 saturated heterocycles. The SMILES string of the molecule is CC1=CC(C)=C(C[C@]23CC[C@@H](C(C)(Cl)CCl)[C@@H]2[C@H]2CC[C@@H]4[C@@]5(C)CCC(C6=C(C)C=C(C)CN6CC(=O)O)C(C)(C)[C@@H]5CC[C@@]4(C)[C@]2(C)CC3)N(CC(=O)O)C1. The smallest absolute Gasteiger partial charge is 0.323 e. The maximum Gasteiger partial charge on any atom is 0.323 e. The van der Waals surface area contributed by atoms with Gasteiger partial charge in [-0.15, -0.1) is 23.2 Å². The minimum absolute atomic E-state index is 0.0395. The van der Waals surface area contributed by atoms with Crippen LogP contribution in [0.2, 0.25) is 0 Å². The molecule has 5 fully saturated rings. The maximum absolute atomic E-state index is 12.2. The number of nitrogens with zero attached hydrogens (tertiary/aromatic N) is 2. The van der Waals surface area contributed by atoms with Crippen molar-refractivity contribution in [3.05, 3.63) is 45.8 Å². The molecule has 0 aromatic heterocycles. The molecule has 2 heterocycles. The molecule has 7 rings (SSSR count). The minimum Gasteiger partial charge on any atom is -0.480 e. The number of hydrogen-bond acceptors (Lipinski definition) is 4. The highest BCUT2D eigenvalue weighted by molar-refractivity contribution is 6.30. The quantitative estimate of drug-likeness (QED) is 0.226. The lowest BCUT2D eigenvalue weighted by Crippen LogP contribution is -2.66. The van der Waals surface area contributed by atoms with Crippen LogP contribution in [0.25, 0.3) is 0 Å². The summed E-state index contributed by atoms with van der Waals surface area (Å²) < 4.78 is 0. The van der Waals surface area contributed by atoms with E-state index < -0.39 is 16.8 Å². The van der Waals surface area contributed by atoms with Gasteiger partial charge in [0.1, 0.15) is 13.1 Å². The summed E-state index contributed by atoms with van der Waals surface area (Å²) in [6, 6.07) is 0. The molecule has 0 aromatic carbocycles. The lowest BCUT2D eigenvalue weighted by Gasteiger charge is -2.73. The van der Waals surface area contributed by atoms with Crippen molar-refractivity contribution in [2.45, 2.75) is 145 Å². The molecule has 2 aliphatic heterocycles. The van der Waals surface area contributed by atoms with E-state index in [1.807, 2.05) is 0 Å². The van der Waals surface area contributed by atoms with E-state index in [0.717, 1.165) is 32.1 Å². The Hall–Kier alpha value is -1.92. The molecule has 8 heteroatoms. The molecule has 0 bridgehead atoms. The van der Waals surface area contributed by atoms with Crippen LogP contribution in [0.15, 0.2) is 45.8 Å². The molecule has 2 unspecified atom stereocenters. The van der Waals surface area contributed by atoms with Crippen LogP contribution >= 0.6 is 23.2 Å². The van der Waals surface area contributed by atoms with E-state index in [-0.39, 0.29) is 40.2 Å². The number of carboxylic acids is 2. The second-order valence-electron chi connectivity index (χ2n) is 21.9. The number of allylic oxidation sites excluding steroid dienone is 6. The third kappa shape index (κ3) is 6.46. The van der Waals surface area contributed by atoms with Gasteiger partial charge in [-0.3, -0.25) is 9.59 Å². The van der Waals surface area contributed by atoms with Gasteiger partial charge < -0.3 is 20.0 Å². The predicted molar refractivity (Wildman–Crippen MR) is 229 cm³/mol. The van der Waals surface area contributed by atoms with E-state index in [9.17, 15) is 19.8 Å². The zero-order chi connectivity index (χ0) is 41.0. The lowest BCUT2D eigenvalue weighted by atomic mass is 9.31. The van der Waals surface area contributed by atoms with Crippen LogP contribution in [0, 0.1) is 62.6 Å². The van der Waals surface area contributed by atoms with Crippen molar-refractivity contribution >= 4 is 35.1 Å². The van der Waals surface area contributed by atoms with E-state index in [0.29, 0.717) is 54.5 Å². The standard InChI is InChI=1S/C48H72Cl2N2O4/c1-29-21-31(3)36(51(24-29)26-39(53)54)23-48-18-14-34(47(10,50)28-49)41(48)33-11-12-38-44(7)16-13-35(42-32(4)22-30(2)25-52(42)27-40(55)56)43(5,6)37(44)15-17-46(38,9)45(33,8)19-20-48/h21-22,33-35,37-38,41H,11-20,23-28H2,1-10H3,(H,53,54)(H,55,56)/t33-,34-,35?,37+,38-,41+,44+,45-,46-,47?,48-/m1/s1. The lowest BCUT2D eigenvalue weighted by molar-refractivity contribution is -0.243. The first-order valence-corrected chi connectivity index (χ1v) is 22.9. The zero-order valence-electron chi connectivity index (χ0n) is 36.3. The van der Waals surface area contributed by atoms with Gasteiger partial charge in [-0.2, -0.15) is 0 Å². The van der Waals surface area contributed by atoms with Gasteiger partial charge in [0.05, 0.1) is 4.87 Å². The predicted octanol–water partition coefficient (Wildman–Crippen LogP) is 11.6. The van der Waals surface area contributed by atoms with Gasteiger partial charge in [0.25, 0.3) is 0 Å². The van der Waals surface area contributed by atoms with Crippen molar-refractivity contribution < 1.29 is 19.8 Å². The van der Waals surface area contributed by atoms with E-state index in [1.165, 1.54) is 72.2 Å². The Bertz CT molecular complexity index is 1760. The Kier molecular flexibility index (Phi) is 10.8. The number of alkyl halides is 2. The van der Waals surface area contributed by atoms with Crippen LogP contribution in [0.1, 0.15) is 140 Å². The molecule has 0 amide bonds. The number of halogens is 2. The second kappa shape index (κ2) is 14.4. The van der Waals surface area contributed by atoms with Gasteiger partial charge in [0.15, 0.2) is 0 Å². The molecule has 11 atom stereocenters. The van der Waals surface area contributed by atoms with Crippen LogP contribution in [-0.4, -0.2) is 68.9 Å². The topological polar surface area (TPSA) is 81.1 Å². The number of fused-ring (bicyclic) bond motifs is 7. The summed E-state index contributed by atoms with van der Waals surface area (Å²) in [7, 11) is 0. The number of rotatable bonds is 9. The number of hydrogen-bond donors (Lipinski definition) is 2. The normalized spacial score (nSPS) is 41.9. The fourth-order valence-electron chi connectivity index (χ4n) is 16.3. The van der Waals surface area contributed by atoms with Crippen LogP contribution < -0.4 is 0 Å². The van der Waals surface area contributed by atoms with Crippen molar-refractivity contribution in [2.75, 3.05) is 32.1 Å². The van der Waals surface area contributed by atoms with E-state index in [2.05, 4.69) is 91.2 Å². The summed E-state index contributed by atoms with van der Waals surface area (Å²) >= 11 is 14.3. The molecule has 2 N–H and O–H groups in total. The summed E-state index contributed by atoms with van der Waals surface area (Å²) in [5, 5.41) is 19.9. The van der Waals surface area contributed by atoms with E-state index in [1.54, 1.807) is 0 Å². The Morgan fingerprint density at radius 1 is 0.768 bits per heavy atom. The molecule has 0 aromatic rings. The summed E-state index contributed by atoms with van der Waals surface area (Å²) in [6.07, 6.45) is 17.3. The third-order valence-corrected chi connectivity index (χ3v) is 19.7. The molecule has 5 saturated carbocycles. The highest BCUT2D eigenvalue weighted by atomic mass is 35.5. The second-order valence-corrected chi connectivity index (χ2v) is 23.0. The largest absolute Gasteiger partial charge is 0.480 e. The summed E-state index contributed by atoms with van der Waals surface area (Å²) in [5.41, 5.74) is 8.13. The molecule has 0 spiro atoms.